The zero-order chi connectivity index (χ0) is 16.1. The van der Waals surface area contributed by atoms with E-state index < -0.39 is 11.9 Å². The quantitative estimate of drug-likeness (QED) is 0.375. The van der Waals surface area contributed by atoms with Crippen LogP contribution < -0.4 is 5.32 Å². The number of ether oxygens (including phenoxy) is 1. The molecule has 0 unspecified atom stereocenters. The Labute approximate surface area is 142 Å². The SMILES string of the molecule is CC(C)OC(=O)C(C(=O)Nc1cccc(Cl)c1)=C1SC=CS1. The Morgan fingerprint density at radius 1 is 1.23 bits per heavy atom. The number of esters is 1. The molecule has 0 aliphatic carbocycles. The molecule has 7 heteroatoms. The van der Waals surface area contributed by atoms with E-state index in [1.807, 2.05) is 10.8 Å². The van der Waals surface area contributed by atoms with Crippen molar-refractivity contribution in [2.24, 2.45) is 0 Å². The fourth-order valence-corrected chi connectivity index (χ4v) is 3.65. The zero-order valence-electron chi connectivity index (χ0n) is 12.0. The minimum atomic E-state index is -0.631. The van der Waals surface area contributed by atoms with E-state index in [2.05, 4.69) is 5.32 Å². The van der Waals surface area contributed by atoms with Gasteiger partial charge in [-0.05, 0) is 42.9 Å². The zero-order valence-corrected chi connectivity index (χ0v) is 14.3. The maximum Gasteiger partial charge on any atom is 0.345 e. The number of halogens is 1. The first kappa shape index (κ1) is 17.0. The van der Waals surface area contributed by atoms with E-state index >= 15 is 0 Å². The predicted octanol–water partition coefficient (Wildman–Crippen LogP) is 4.39. The predicted molar refractivity (Wildman–Crippen MR) is 92.7 cm³/mol. The molecule has 1 amide bonds. The van der Waals surface area contributed by atoms with Crippen LogP contribution >= 0.6 is 35.1 Å². The van der Waals surface area contributed by atoms with Gasteiger partial charge in [-0.15, -0.1) is 0 Å². The number of thioether (sulfide) groups is 2. The van der Waals surface area contributed by atoms with Crippen molar-refractivity contribution in [1.29, 1.82) is 0 Å². The van der Waals surface area contributed by atoms with Gasteiger partial charge in [0.15, 0.2) is 0 Å². The molecule has 1 aliphatic heterocycles. The van der Waals surface area contributed by atoms with Gasteiger partial charge < -0.3 is 10.1 Å². The molecule has 1 aromatic carbocycles. The summed E-state index contributed by atoms with van der Waals surface area (Å²) in [4.78, 5) is 24.7. The molecule has 0 atom stereocenters. The summed E-state index contributed by atoms with van der Waals surface area (Å²) in [5.74, 6) is -1.14. The van der Waals surface area contributed by atoms with Crippen molar-refractivity contribution >= 4 is 52.7 Å². The fraction of sp³-hybridized carbons (Fsp3) is 0.200. The largest absolute Gasteiger partial charge is 0.459 e. The first-order chi connectivity index (χ1) is 10.5. The lowest BCUT2D eigenvalue weighted by Gasteiger charge is -2.13. The number of carbonyl (C=O) groups excluding carboxylic acids is 2. The van der Waals surface area contributed by atoms with E-state index in [0.29, 0.717) is 14.9 Å². The fourth-order valence-electron chi connectivity index (χ4n) is 1.63. The second-order valence-corrected chi connectivity index (χ2v) is 7.12. The summed E-state index contributed by atoms with van der Waals surface area (Å²) in [5, 5.41) is 6.81. The summed E-state index contributed by atoms with van der Waals surface area (Å²) < 4.78 is 5.77. The van der Waals surface area contributed by atoms with Crippen LogP contribution in [0.25, 0.3) is 0 Å². The Hall–Kier alpha value is -1.37. The smallest absolute Gasteiger partial charge is 0.345 e. The first-order valence-corrected chi connectivity index (χ1v) is 8.61. The highest BCUT2D eigenvalue weighted by atomic mass is 35.5. The van der Waals surface area contributed by atoms with Crippen LogP contribution in [0.2, 0.25) is 5.02 Å². The Bertz CT molecular complexity index is 646. The van der Waals surface area contributed by atoms with Crippen molar-refractivity contribution in [1.82, 2.24) is 0 Å². The first-order valence-electron chi connectivity index (χ1n) is 6.48. The van der Waals surface area contributed by atoms with Gasteiger partial charge in [0.25, 0.3) is 5.91 Å². The van der Waals surface area contributed by atoms with Crippen molar-refractivity contribution in [2.75, 3.05) is 5.32 Å². The molecule has 0 radical (unpaired) electrons. The average molecular weight is 356 g/mol. The number of benzene rings is 1. The third-order valence-electron chi connectivity index (χ3n) is 2.47. The molecule has 0 bridgehead atoms. The van der Waals surface area contributed by atoms with Gasteiger partial charge in [0.2, 0.25) is 0 Å². The topological polar surface area (TPSA) is 55.4 Å². The van der Waals surface area contributed by atoms with E-state index in [0.717, 1.165) is 0 Å². The number of nitrogens with one attached hydrogen (secondary N) is 1. The van der Waals surface area contributed by atoms with Gasteiger partial charge in [-0.2, -0.15) is 0 Å². The molecular formula is C15H14ClNO3S2. The molecule has 116 valence electrons. The maximum atomic E-state index is 12.5. The molecular weight excluding hydrogens is 342 g/mol. The number of rotatable bonds is 4. The van der Waals surface area contributed by atoms with Crippen LogP contribution in [0.3, 0.4) is 0 Å². The minimum absolute atomic E-state index is 0.00803. The molecule has 0 aromatic heterocycles. The highest BCUT2D eigenvalue weighted by Crippen LogP contribution is 2.40. The van der Waals surface area contributed by atoms with Gasteiger partial charge in [-0.3, -0.25) is 4.79 Å². The lowest BCUT2D eigenvalue weighted by molar-refractivity contribution is -0.143. The van der Waals surface area contributed by atoms with Crippen LogP contribution in [-0.4, -0.2) is 18.0 Å². The second-order valence-electron chi connectivity index (χ2n) is 4.59. The van der Waals surface area contributed by atoms with E-state index in [4.69, 9.17) is 16.3 Å². The van der Waals surface area contributed by atoms with E-state index in [9.17, 15) is 9.59 Å². The molecule has 0 spiro atoms. The van der Waals surface area contributed by atoms with Crippen LogP contribution in [0.5, 0.6) is 0 Å². The Kier molecular flexibility index (Phi) is 5.99. The highest BCUT2D eigenvalue weighted by molar-refractivity contribution is 8.27. The van der Waals surface area contributed by atoms with Crippen molar-refractivity contribution < 1.29 is 14.3 Å². The average Bonchev–Trinajstić information content (AvgIpc) is 2.91. The standard InChI is InChI=1S/C15H14ClNO3S2/c1-9(2)20-14(19)12(15-21-6-7-22-15)13(18)17-11-5-3-4-10(16)8-11/h3-9H,1-2H3,(H,17,18). The third kappa shape index (κ3) is 4.56. The number of hydrogen-bond donors (Lipinski definition) is 1. The number of carbonyl (C=O) groups is 2. The molecule has 4 nitrogen and oxygen atoms in total. The summed E-state index contributed by atoms with van der Waals surface area (Å²) in [6.45, 7) is 3.48. The van der Waals surface area contributed by atoms with Crippen LogP contribution in [0.1, 0.15) is 13.8 Å². The second kappa shape index (κ2) is 7.76. The Balaban J connectivity index is 2.23. The van der Waals surface area contributed by atoms with Crippen LogP contribution in [-0.2, 0) is 14.3 Å². The van der Waals surface area contributed by atoms with E-state index in [1.54, 1.807) is 38.1 Å². The molecule has 0 saturated heterocycles. The van der Waals surface area contributed by atoms with Gasteiger partial charge in [0, 0.05) is 10.7 Å². The van der Waals surface area contributed by atoms with Gasteiger partial charge in [-0.1, -0.05) is 41.2 Å². The molecule has 1 aromatic rings. The lowest BCUT2D eigenvalue weighted by Crippen LogP contribution is -2.25. The molecule has 1 N–H and O–H groups in total. The highest BCUT2D eigenvalue weighted by Gasteiger charge is 2.27. The van der Waals surface area contributed by atoms with Gasteiger partial charge in [0.05, 0.1) is 10.3 Å². The summed E-state index contributed by atoms with van der Waals surface area (Å²) in [6.07, 6.45) is -0.300. The normalized spacial score (nSPS) is 13.4. The van der Waals surface area contributed by atoms with Crippen molar-refractivity contribution in [3.63, 3.8) is 0 Å². The van der Waals surface area contributed by atoms with Crippen molar-refractivity contribution in [3.05, 3.63) is 49.9 Å². The minimum Gasteiger partial charge on any atom is -0.459 e. The molecule has 0 saturated carbocycles. The summed E-state index contributed by atoms with van der Waals surface area (Å²) >= 11 is 8.54. The maximum absolute atomic E-state index is 12.5. The monoisotopic (exact) mass is 355 g/mol. The molecule has 22 heavy (non-hydrogen) atoms. The van der Waals surface area contributed by atoms with Gasteiger partial charge in [0.1, 0.15) is 5.57 Å². The van der Waals surface area contributed by atoms with Crippen LogP contribution in [0, 0.1) is 0 Å². The van der Waals surface area contributed by atoms with Crippen molar-refractivity contribution in [2.45, 2.75) is 20.0 Å². The molecule has 1 aliphatic rings. The van der Waals surface area contributed by atoms with E-state index in [1.165, 1.54) is 23.5 Å². The van der Waals surface area contributed by atoms with Crippen LogP contribution in [0.4, 0.5) is 5.69 Å². The van der Waals surface area contributed by atoms with Gasteiger partial charge >= 0.3 is 5.97 Å². The summed E-state index contributed by atoms with van der Waals surface area (Å²) in [6, 6.07) is 6.74. The summed E-state index contributed by atoms with van der Waals surface area (Å²) in [5.41, 5.74) is 0.530. The van der Waals surface area contributed by atoms with Crippen molar-refractivity contribution in [3.8, 4) is 0 Å². The molecule has 1 heterocycles. The number of amides is 1. The summed E-state index contributed by atoms with van der Waals surface area (Å²) in [7, 11) is 0. The van der Waals surface area contributed by atoms with E-state index in [-0.39, 0.29) is 11.7 Å². The Morgan fingerprint density at radius 2 is 1.91 bits per heavy atom. The lowest BCUT2D eigenvalue weighted by atomic mass is 10.2. The number of hydrogen-bond acceptors (Lipinski definition) is 5. The Morgan fingerprint density at radius 3 is 2.50 bits per heavy atom. The number of anilines is 1. The molecule has 2 rings (SSSR count). The van der Waals surface area contributed by atoms with Gasteiger partial charge in [-0.25, -0.2) is 4.79 Å². The molecule has 0 fully saturated rings. The third-order valence-corrected chi connectivity index (χ3v) is 4.83. The van der Waals surface area contributed by atoms with Crippen LogP contribution in [0.15, 0.2) is 44.9 Å².